The molecule has 0 fully saturated rings. The van der Waals surface area contributed by atoms with Gasteiger partial charge in [0.05, 0.1) is 10.6 Å². The maximum absolute atomic E-state index is 14.6. The van der Waals surface area contributed by atoms with Crippen LogP contribution >= 0.6 is 46.4 Å². The highest BCUT2D eigenvalue weighted by molar-refractivity contribution is 7.92. The number of hydrogen-bond acceptors (Lipinski definition) is 4. The fourth-order valence-electron chi connectivity index (χ4n) is 4.74. The molecule has 4 rings (SSSR count). The van der Waals surface area contributed by atoms with Crippen LogP contribution in [0.25, 0.3) is 0 Å². The molecule has 0 saturated heterocycles. The molecule has 2 atom stereocenters. The average Bonchev–Trinajstić information content (AvgIpc) is 3.03. The molecule has 0 aliphatic carbocycles. The topological polar surface area (TPSA) is 86.8 Å². The third-order valence-corrected chi connectivity index (χ3v) is 10.4. The van der Waals surface area contributed by atoms with Crippen LogP contribution in [0.5, 0.6) is 0 Å². The quantitative estimate of drug-likeness (QED) is 0.152. The van der Waals surface area contributed by atoms with E-state index < -0.39 is 34.4 Å². The maximum Gasteiger partial charge on any atom is 0.264 e. The monoisotopic (exact) mass is 719 g/mol. The van der Waals surface area contributed by atoms with Crippen LogP contribution in [0.15, 0.2) is 102 Å². The fraction of sp³-hybridized carbons (Fsp3) is 0.235. The van der Waals surface area contributed by atoms with Gasteiger partial charge < -0.3 is 10.2 Å². The summed E-state index contributed by atoms with van der Waals surface area (Å²) in [4.78, 5) is 29.8. The van der Waals surface area contributed by atoms with Gasteiger partial charge in [0.1, 0.15) is 12.6 Å². The number of halogens is 4. The molecule has 12 heteroatoms. The molecule has 0 spiro atoms. The summed E-state index contributed by atoms with van der Waals surface area (Å²) in [6.07, 6.45) is 0.813. The Kier molecular flexibility index (Phi) is 12.4. The molecule has 1 N–H and O–H groups in total. The molecule has 2 amide bonds. The van der Waals surface area contributed by atoms with Gasteiger partial charge in [0.2, 0.25) is 11.8 Å². The highest BCUT2D eigenvalue weighted by Crippen LogP contribution is 2.30. The van der Waals surface area contributed by atoms with E-state index >= 15 is 0 Å². The van der Waals surface area contributed by atoms with Gasteiger partial charge in [0.15, 0.2) is 0 Å². The van der Waals surface area contributed by atoms with Crippen molar-refractivity contribution in [3.63, 3.8) is 0 Å². The van der Waals surface area contributed by atoms with Gasteiger partial charge in [-0.1, -0.05) is 95.8 Å². The Morgan fingerprint density at radius 3 is 2.04 bits per heavy atom. The van der Waals surface area contributed by atoms with Crippen molar-refractivity contribution in [3.05, 3.63) is 128 Å². The first-order valence-corrected chi connectivity index (χ1v) is 17.5. The van der Waals surface area contributed by atoms with Gasteiger partial charge in [-0.25, -0.2) is 8.42 Å². The highest BCUT2D eigenvalue weighted by atomic mass is 35.5. The van der Waals surface area contributed by atoms with Crippen LogP contribution in [-0.2, 0) is 32.6 Å². The second-order valence-electron chi connectivity index (χ2n) is 10.7. The number of anilines is 1. The van der Waals surface area contributed by atoms with E-state index in [1.54, 1.807) is 36.4 Å². The van der Waals surface area contributed by atoms with Crippen molar-refractivity contribution in [2.75, 3.05) is 10.8 Å². The zero-order chi connectivity index (χ0) is 33.4. The van der Waals surface area contributed by atoms with Crippen molar-refractivity contribution in [3.8, 4) is 0 Å². The molecule has 242 valence electrons. The summed E-state index contributed by atoms with van der Waals surface area (Å²) < 4.78 is 29.2. The normalized spacial score (nSPS) is 12.7. The number of amides is 2. The Hall–Kier alpha value is -3.27. The average molecular weight is 722 g/mol. The zero-order valence-electron chi connectivity index (χ0n) is 25.2. The minimum absolute atomic E-state index is 0.0827. The van der Waals surface area contributed by atoms with E-state index in [0.29, 0.717) is 27.1 Å². The molecule has 0 aromatic heterocycles. The summed E-state index contributed by atoms with van der Waals surface area (Å²) in [5, 5.41) is 4.21. The molecule has 0 heterocycles. The van der Waals surface area contributed by atoms with Gasteiger partial charge in [-0.15, -0.1) is 0 Å². The number of nitrogens with one attached hydrogen (secondary N) is 1. The molecule has 46 heavy (non-hydrogen) atoms. The smallest absolute Gasteiger partial charge is 0.264 e. The number of carbonyl (C=O) groups excluding carboxylic acids is 2. The number of nitrogens with zero attached hydrogens (tertiary/aromatic N) is 2. The zero-order valence-corrected chi connectivity index (χ0v) is 29.0. The van der Waals surface area contributed by atoms with Crippen molar-refractivity contribution in [2.45, 2.75) is 50.2 Å². The standard InChI is InChI=1S/C34H33Cl4N3O4S/c1-3-23(2)39-34(43)32(19-24-9-5-4-6-10-24)40(21-29-30(37)13-8-14-31(29)38)33(42)22-41(27-12-7-11-26(36)20-27)46(44,45)28-17-15-25(35)16-18-28/h4-18,20,23,32H,3,19,21-22H2,1-2H3,(H,39,43)/t23-,32-/m0/s1. The van der Waals surface area contributed by atoms with Gasteiger partial charge in [0.25, 0.3) is 10.0 Å². The highest BCUT2D eigenvalue weighted by Gasteiger charge is 2.35. The molecule has 0 saturated carbocycles. The number of hydrogen-bond donors (Lipinski definition) is 1. The van der Waals surface area contributed by atoms with Gasteiger partial charge in [-0.3, -0.25) is 13.9 Å². The van der Waals surface area contributed by atoms with E-state index in [0.717, 1.165) is 9.87 Å². The first-order valence-electron chi connectivity index (χ1n) is 14.5. The lowest BCUT2D eigenvalue weighted by molar-refractivity contribution is -0.140. The third kappa shape index (κ3) is 8.96. The molecule has 0 bridgehead atoms. The van der Waals surface area contributed by atoms with Gasteiger partial charge in [0, 0.05) is 44.7 Å². The van der Waals surface area contributed by atoms with Crippen LogP contribution < -0.4 is 9.62 Å². The first kappa shape index (κ1) is 35.6. The molecule has 0 radical (unpaired) electrons. The van der Waals surface area contributed by atoms with E-state index in [1.807, 2.05) is 44.2 Å². The lowest BCUT2D eigenvalue weighted by Gasteiger charge is -2.34. The van der Waals surface area contributed by atoms with Crippen LogP contribution in [-0.4, -0.2) is 43.8 Å². The van der Waals surface area contributed by atoms with Gasteiger partial charge >= 0.3 is 0 Å². The lowest BCUT2D eigenvalue weighted by atomic mass is 10.0. The number of sulfonamides is 1. The molecular weight excluding hydrogens is 688 g/mol. The van der Waals surface area contributed by atoms with Crippen LogP contribution in [0.2, 0.25) is 20.1 Å². The number of carbonyl (C=O) groups is 2. The Morgan fingerprint density at radius 2 is 1.43 bits per heavy atom. The molecule has 4 aromatic rings. The summed E-state index contributed by atoms with van der Waals surface area (Å²) in [5.74, 6) is -1.06. The van der Waals surface area contributed by atoms with Crippen LogP contribution in [0.1, 0.15) is 31.4 Å². The lowest BCUT2D eigenvalue weighted by Crippen LogP contribution is -2.54. The minimum Gasteiger partial charge on any atom is -0.352 e. The molecule has 7 nitrogen and oxygen atoms in total. The minimum atomic E-state index is -4.32. The predicted molar refractivity (Wildman–Crippen MR) is 186 cm³/mol. The molecule has 0 unspecified atom stereocenters. The predicted octanol–water partition coefficient (Wildman–Crippen LogP) is 8.05. The van der Waals surface area contributed by atoms with E-state index in [4.69, 9.17) is 46.4 Å². The van der Waals surface area contributed by atoms with Gasteiger partial charge in [-0.05, 0) is 73.5 Å². The van der Waals surface area contributed by atoms with Crippen molar-refractivity contribution in [2.24, 2.45) is 0 Å². The Morgan fingerprint density at radius 1 is 0.804 bits per heavy atom. The van der Waals surface area contributed by atoms with Gasteiger partial charge in [-0.2, -0.15) is 0 Å². The Bertz CT molecular complexity index is 1750. The summed E-state index contributed by atoms with van der Waals surface area (Å²) in [6.45, 7) is 2.99. The first-order chi connectivity index (χ1) is 21.9. The summed E-state index contributed by atoms with van der Waals surface area (Å²) in [7, 11) is -4.32. The molecule has 0 aliphatic heterocycles. The summed E-state index contributed by atoms with van der Waals surface area (Å²) in [5.41, 5.74) is 1.38. The summed E-state index contributed by atoms with van der Waals surface area (Å²) in [6, 6.07) is 24.8. The molecular formula is C34H33Cl4N3O4S. The Balaban J connectivity index is 1.84. The van der Waals surface area contributed by atoms with Crippen LogP contribution in [0, 0.1) is 0 Å². The van der Waals surface area contributed by atoms with E-state index in [1.165, 1.54) is 35.2 Å². The van der Waals surface area contributed by atoms with E-state index in [9.17, 15) is 18.0 Å². The SMILES string of the molecule is CC[C@H](C)NC(=O)[C@H](Cc1ccccc1)N(Cc1c(Cl)cccc1Cl)C(=O)CN(c1cccc(Cl)c1)S(=O)(=O)c1ccc(Cl)cc1. The summed E-state index contributed by atoms with van der Waals surface area (Å²) >= 11 is 25.4. The number of rotatable bonds is 13. The van der Waals surface area contributed by atoms with Crippen molar-refractivity contribution in [1.82, 2.24) is 10.2 Å². The number of benzene rings is 4. The van der Waals surface area contributed by atoms with E-state index in [-0.39, 0.29) is 34.6 Å². The van der Waals surface area contributed by atoms with Crippen molar-refractivity contribution < 1.29 is 18.0 Å². The second-order valence-corrected chi connectivity index (χ2v) is 14.2. The van der Waals surface area contributed by atoms with Crippen LogP contribution in [0.3, 0.4) is 0 Å². The van der Waals surface area contributed by atoms with Crippen molar-refractivity contribution >= 4 is 73.9 Å². The second kappa shape index (κ2) is 16.0. The maximum atomic E-state index is 14.6. The Labute approximate surface area is 290 Å². The third-order valence-electron chi connectivity index (χ3n) is 7.44. The molecule has 0 aliphatic rings. The van der Waals surface area contributed by atoms with E-state index in [2.05, 4.69) is 5.32 Å². The van der Waals surface area contributed by atoms with Crippen molar-refractivity contribution in [1.29, 1.82) is 0 Å². The molecule has 4 aromatic carbocycles. The fourth-order valence-corrected chi connectivity index (χ4v) is 6.98. The largest absolute Gasteiger partial charge is 0.352 e. The van der Waals surface area contributed by atoms with Crippen LogP contribution in [0.4, 0.5) is 5.69 Å².